The zero-order chi connectivity index (χ0) is 14.5. The maximum Gasteiger partial charge on any atom is 0.239 e. The molecule has 20 heavy (non-hydrogen) atoms. The summed E-state index contributed by atoms with van der Waals surface area (Å²) < 4.78 is 5.45. The van der Waals surface area contributed by atoms with Crippen molar-refractivity contribution < 1.29 is 9.53 Å². The van der Waals surface area contributed by atoms with Crippen LogP contribution in [0.15, 0.2) is 0 Å². The Morgan fingerprint density at radius 1 is 1.30 bits per heavy atom. The summed E-state index contributed by atoms with van der Waals surface area (Å²) in [7, 11) is 1.76. The van der Waals surface area contributed by atoms with E-state index in [1.165, 1.54) is 6.42 Å². The fourth-order valence-electron chi connectivity index (χ4n) is 3.51. The van der Waals surface area contributed by atoms with E-state index in [1.807, 2.05) is 11.8 Å². The predicted molar refractivity (Wildman–Crippen MR) is 79.5 cm³/mol. The molecular formula is C15H29N3O2. The van der Waals surface area contributed by atoms with Gasteiger partial charge in [0.25, 0.3) is 0 Å². The summed E-state index contributed by atoms with van der Waals surface area (Å²) >= 11 is 0. The Labute approximate surface area is 122 Å². The second-order valence-corrected chi connectivity index (χ2v) is 6.07. The Bertz CT molecular complexity index is 318. The molecule has 5 heteroatoms. The van der Waals surface area contributed by atoms with Gasteiger partial charge in [-0.3, -0.25) is 9.69 Å². The van der Waals surface area contributed by atoms with Gasteiger partial charge < -0.3 is 15.4 Å². The van der Waals surface area contributed by atoms with Gasteiger partial charge in [0.05, 0.1) is 12.1 Å². The van der Waals surface area contributed by atoms with Crippen LogP contribution in [0.4, 0.5) is 0 Å². The molecule has 2 saturated heterocycles. The summed E-state index contributed by atoms with van der Waals surface area (Å²) in [6.07, 6.45) is 5.75. The molecule has 0 saturated carbocycles. The Morgan fingerprint density at radius 2 is 2.00 bits per heavy atom. The number of piperidine rings is 2. The standard InChI is InChI=1S/C15H29N3O2/c1-12(15(19)17-7-4-3-5-8-17)18-9-6-14(20-2)10-13(18)11-16/h12-14H,3-11,16H2,1-2H3. The van der Waals surface area contributed by atoms with Gasteiger partial charge in [0.2, 0.25) is 5.91 Å². The number of methoxy groups -OCH3 is 1. The number of rotatable bonds is 4. The number of carbonyl (C=O) groups excluding carboxylic acids is 1. The first-order chi connectivity index (χ1) is 9.67. The zero-order valence-corrected chi connectivity index (χ0v) is 12.9. The number of hydrogen-bond donors (Lipinski definition) is 1. The first kappa shape index (κ1) is 15.7. The van der Waals surface area contributed by atoms with Gasteiger partial charge in [0.1, 0.15) is 0 Å². The van der Waals surface area contributed by atoms with Crippen molar-refractivity contribution in [2.24, 2.45) is 5.73 Å². The van der Waals surface area contributed by atoms with E-state index < -0.39 is 0 Å². The molecule has 2 aliphatic heterocycles. The quantitative estimate of drug-likeness (QED) is 0.830. The molecule has 0 aromatic rings. The van der Waals surface area contributed by atoms with Crippen LogP contribution in [0.2, 0.25) is 0 Å². The summed E-state index contributed by atoms with van der Waals surface area (Å²) in [5.74, 6) is 0.277. The predicted octanol–water partition coefficient (Wildman–Crippen LogP) is 0.826. The molecule has 0 aliphatic carbocycles. The molecule has 0 aromatic heterocycles. The van der Waals surface area contributed by atoms with Crippen LogP contribution >= 0.6 is 0 Å². The highest BCUT2D eigenvalue weighted by atomic mass is 16.5. The smallest absolute Gasteiger partial charge is 0.239 e. The molecule has 116 valence electrons. The molecule has 0 radical (unpaired) electrons. The van der Waals surface area contributed by atoms with E-state index >= 15 is 0 Å². The number of nitrogens with zero attached hydrogens (tertiary/aromatic N) is 2. The SMILES string of the molecule is COC1CCN(C(C)C(=O)N2CCCCC2)C(CN)C1. The number of hydrogen-bond acceptors (Lipinski definition) is 4. The van der Waals surface area contributed by atoms with Crippen LogP contribution in [0, 0.1) is 0 Å². The second kappa shape index (κ2) is 7.38. The maximum atomic E-state index is 12.6. The lowest BCUT2D eigenvalue weighted by Crippen LogP contribution is -2.57. The summed E-state index contributed by atoms with van der Waals surface area (Å²) in [6.45, 7) is 5.38. The van der Waals surface area contributed by atoms with Crippen LogP contribution in [-0.2, 0) is 9.53 Å². The zero-order valence-electron chi connectivity index (χ0n) is 12.9. The van der Waals surface area contributed by atoms with Gasteiger partial charge in [-0.25, -0.2) is 0 Å². The first-order valence-electron chi connectivity index (χ1n) is 7.94. The molecule has 2 rings (SSSR count). The molecule has 2 aliphatic rings. The molecule has 2 N–H and O–H groups in total. The lowest BCUT2D eigenvalue weighted by molar-refractivity contribution is -0.139. The summed E-state index contributed by atoms with van der Waals surface area (Å²) in [4.78, 5) is 16.9. The Balaban J connectivity index is 1.96. The van der Waals surface area contributed by atoms with Crippen LogP contribution in [0.3, 0.4) is 0 Å². The highest BCUT2D eigenvalue weighted by Gasteiger charge is 2.35. The Morgan fingerprint density at radius 3 is 2.60 bits per heavy atom. The topological polar surface area (TPSA) is 58.8 Å². The van der Waals surface area contributed by atoms with Crippen molar-refractivity contribution in [3.05, 3.63) is 0 Å². The minimum Gasteiger partial charge on any atom is -0.381 e. The van der Waals surface area contributed by atoms with Crippen molar-refractivity contribution in [1.29, 1.82) is 0 Å². The highest BCUT2D eigenvalue weighted by molar-refractivity contribution is 5.81. The number of likely N-dealkylation sites (tertiary alicyclic amines) is 2. The van der Waals surface area contributed by atoms with Gasteiger partial charge in [-0.1, -0.05) is 0 Å². The minimum absolute atomic E-state index is 0.0561. The Hall–Kier alpha value is -0.650. The van der Waals surface area contributed by atoms with E-state index in [0.29, 0.717) is 6.54 Å². The van der Waals surface area contributed by atoms with E-state index in [0.717, 1.165) is 45.3 Å². The lowest BCUT2D eigenvalue weighted by atomic mass is 9.97. The van der Waals surface area contributed by atoms with Crippen LogP contribution in [0.5, 0.6) is 0 Å². The van der Waals surface area contributed by atoms with Gasteiger partial charge in [-0.15, -0.1) is 0 Å². The average Bonchev–Trinajstić information content (AvgIpc) is 2.53. The molecule has 5 nitrogen and oxygen atoms in total. The van der Waals surface area contributed by atoms with E-state index in [1.54, 1.807) is 7.11 Å². The maximum absolute atomic E-state index is 12.6. The second-order valence-electron chi connectivity index (χ2n) is 6.07. The van der Waals surface area contributed by atoms with Crippen molar-refractivity contribution in [2.45, 2.75) is 57.2 Å². The van der Waals surface area contributed by atoms with Gasteiger partial charge in [0.15, 0.2) is 0 Å². The number of ether oxygens (including phenoxy) is 1. The van der Waals surface area contributed by atoms with Crippen molar-refractivity contribution in [2.75, 3.05) is 33.3 Å². The highest BCUT2D eigenvalue weighted by Crippen LogP contribution is 2.23. The molecule has 2 heterocycles. The third-order valence-corrected chi connectivity index (χ3v) is 4.84. The molecule has 3 unspecified atom stereocenters. The molecule has 2 fully saturated rings. The van der Waals surface area contributed by atoms with Gasteiger partial charge in [-0.05, 0) is 39.0 Å². The normalized spacial score (nSPS) is 30.2. The van der Waals surface area contributed by atoms with Crippen LogP contribution in [0.1, 0.15) is 39.0 Å². The average molecular weight is 283 g/mol. The third-order valence-electron chi connectivity index (χ3n) is 4.84. The van der Waals surface area contributed by atoms with E-state index in [2.05, 4.69) is 4.90 Å². The molecule has 1 amide bonds. The van der Waals surface area contributed by atoms with Crippen molar-refractivity contribution in [3.63, 3.8) is 0 Å². The van der Waals surface area contributed by atoms with E-state index in [-0.39, 0.29) is 24.1 Å². The largest absolute Gasteiger partial charge is 0.381 e. The van der Waals surface area contributed by atoms with E-state index in [4.69, 9.17) is 10.5 Å². The first-order valence-corrected chi connectivity index (χ1v) is 7.94. The van der Waals surface area contributed by atoms with E-state index in [9.17, 15) is 4.79 Å². The van der Waals surface area contributed by atoms with Crippen LogP contribution in [0.25, 0.3) is 0 Å². The molecular weight excluding hydrogens is 254 g/mol. The number of amides is 1. The third kappa shape index (κ3) is 3.51. The molecule has 0 spiro atoms. The minimum atomic E-state index is -0.0561. The van der Waals surface area contributed by atoms with Gasteiger partial charge >= 0.3 is 0 Å². The van der Waals surface area contributed by atoms with Gasteiger partial charge in [0, 0.05) is 39.3 Å². The monoisotopic (exact) mass is 283 g/mol. The summed E-state index contributed by atoms with van der Waals surface area (Å²) in [5, 5.41) is 0. The molecule has 0 aromatic carbocycles. The molecule has 0 bridgehead atoms. The summed E-state index contributed by atoms with van der Waals surface area (Å²) in [6, 6.07) is 0.205. The number of nitrogens with two attached hydrogens (primary N) is 1. The van der Waals surface area contributed by atoms with Crippen molar-refractivity contribution in [3.8, 4) is 0 Å². The van der Waals surface area contributed by atoms with Gasteiger partial charge in [-0.2, -0.15) is 0 Å². The molecule has 3 atom stereocenters. The number of carbonyl (C=O) groups is 1. The van der Waals surface area contributed by atoms with Crippen LogP contribution < -0.4 is 5.73 Å². The van der Waals surface area contributed by atoms with Crippen molar-refractivity contribution >= 4 is 5.91 Å². The fraction of sp³-hybridized carbons (Fsp3) is 0.933. The summed E-state index contributed by atoms with van der Waals surface area (Å²) in [5.41, 5.74) is 5.90. The fourth-order valence-corrected chi connectivity index (χ4v) is 3.51. The Kier molecular flexibility index (Phi) is 5.81. The van der Waals surface area contributed by atoms with Crippen molar-refractivity contribution in [1.82, 2.24) is 9.80 Å². The van der Waals surface area contributed by atoms with Crippen LogP contribution in [-0.4, -0.2) is 67.2 Å². The lowest BCUT2D eigenvalue weighted by Gasteiger charge is -2.43.